The van der Waals surface area contributed by atoms with Crippen LogP contribution in [0.1, 0.15) is 21.8 Å². The average molecular weight is 338 g/mol. The highest BCUT2D eigenvalue weighted by atomic mass is 16.5. The molecule has 130 valence electrons. The van der Waals surface area contributed by atoms with Crippen LogP contribution in [0.15, 0.2) is 48.5 Å². The van der Waals surface area contributed by atoms with E-state index in [1.54, 1.807) is 0 Å². The highest BCUT2D eigenvalue weighted by Crippen LogP contribution is 2.32. The summed E-state index contributed by atoms with van der Waals surface area (Å²) in [6.07, 6.45) is 0. The lowest BCUT2D eigenvalue weighted by Crippen LogP contribution is -2.36. The van der Waals surface area contributed by atoms with E-state index in [9.17, 15) is 4.79 Å². The molecule has 2 aromatic rings. The molecule has 2 aliphatic rings. The summed E-state index contributed by atoms with van der Waals surface area (Å²) in [5.41, 5.74) is 2.99. The van der Waals surface area contributed by atoms with Crippen molar-refractivity contribution in [2.45, 2.75) is 5.92 Å². The fourth-order valence-corrected chi connectivity index (χ4v) is 3.36. The first-order valence-corrected chi connectivity index (χ1v) is 8.74. The maximum Gasteiger partial charge on any atom is 0.251 e. The molecule has 0 spiro atoms. The molecular formula is C20H22N2O3. The molecule has 0 aliphatic carbocycles. The van der Waals surface area contributed by atoms with E-state index in [0.29, 0.717) is 18.7 Å². The Bertz CT molecular complexity index is 739. The van der Waals surface area contributed by atoms with Gasteiger partial charge in [-0.05, 0) is 30.3 Å². The summed E-state index contributed by atoms with van der Waals surface area (Å²) >= 11 is 0. The predicted octanol–water partition coefficient (Wildman–Crippen LogP) is 2.43. The Balaban J connectivity index is 1.35. The minimum Gasteiger partial charge on any atom is -0.493 e. The minimum atomic E-state index is -0.0436. The third kappa shape index (κ3) is 3.46. The number of para-hydroxylation sites is 1. The summed E-state index contributed by atoms with van der Waals surface area (Å²) < 4.78 is 11.0. The number of carbonyl (C=O) groups excluding carboxylic acids is 1. The number of fused-ring (bicyclic) bond motifs is 1. The van der Waals surface area contributed by atoms with Crippen LogP contribution < -0.4 is 15.0 Å². The summed E-state index contributed by atoms with van der Waals surface area (Å²) in [6, 6.07) is 15.8. The molecule has 2 aliphatic heterocycles. The van der Waals surface area contributed by atoms with Crippen LogP contribution in [0.3, 0.4) is 0 Å². The number of anilines is 1. The molecule has 2 aromatic carbocycles. The smallest absolute Gasteiger partial charge is 0.251 e. The zero-order valence-electron chi connectivity index (χ0n) is 14.1. The van der Waals surface area contributed by atoms with E-state index in [1.165, 1.54) is 5.56 Å². The molecule has 5 heteroatoms. The lowest BCUT2D eigenvalue weighted by Gasteiger charge is -2.28. The highest BCUT2D eigenvalue weighted by molar-refractivity contribution is 5.94. The number of nitrogens with zero attached hydrogens (tertiary/aromatic N) is 1. The second-order valence-electron chi connectivity index (χ2n) is 6.40. The van der Waals surface area contributed by atoms with E-state index in [-0.39, 0.29) is 11.8 Å². The first-order valence-electron chi connectivity index (χ1n) is 8.74. The SMILES string of the molecule is O=C(NC[C@H]1COc2ccccc21)c1ccc(N2CCOCC2)cc1. The van der Waals surface area contributed by atoms with Crippen molar-refractivity contribution in [1.29, 1.82) is 0 Å². The number of carbonyl (C=O) groups is 1. The van der Waals surface area contributed by atoms with Gasteiger partial charge in [0.1, 0.15) is 5.75 Å². The zero-order chi connectivity index (χ0) is 17.1. The third-order valence-electron chi connectivity index (χ3n) is 4.81. The standard InChI is InChI=1S/C20H22N2O3/c23-20(21-13-16-14-25-19-4-2-1-3-18(16)19)15-5-7-17(8-6-15)22-9-11-24-12-10-22/h1-8,16H,9-14H2,(H,21,23)/t16-/m0/s1. The molecule has 0 radical (unpaired) electrons. The maximum absolute atomic E-state index is 12.4. The van der Waals surface area contributed by atoms with Crippen molar-refractivity contribution >= 4 is 11.6 Å². The van der Waals surface area contributed by atoms with Crippen LogP contribution in [0, 0.1) is 0 Å². The molecule has 0 saturated carbocycles. The Labute approximate surface area is 147 Å². The van der Waals surface area contributed by atoms with Crippen LogP contribution in [0.2, 0.25) is 0 Å². The molecule has 5 nitrogen and oxygen atoms in total. The molecule has 0 aromatic heterocycles. The van der Waals surface area contributed by atoms with Crippen LogP contribution in [0.5, 0.6) is 5.75 Å². The number of morpholine rings is 1. The molecule has 0 bridgehead atoms. The van der Waals surface area contributed by atoms with Gasteiger partial charge >= 0.3 is 0 Å². The average Bonchev–Trinajstić information content (AvgIpc) is 3.10. The van der Waals surface area contributed by atoms with Gasteiger partial charge in [-0.2, -0.15) is 0 Å². The molecule has 1 N–H and O–H groups in total. The second kappa shape index (κ2) is 7.15. The van der Waals surface area contributed by atoms with Crippen LogP contribution in [-0.4, -0.2) is 45.4 Å². The van der Waals surface area contributed by atoms with Crippen molar-refractivity contribution in [2.24, 2.45) is 0 Å². The van der Waals surface area contributed by atoms with Crippen molar-refractivity contribution in [2.75, 3.05) is 44.4 Å². The first kappa shape index (κ1) is 16.0. The third-order valence-corrected chi connectivity index (χ3v) is 4.81. The lowest BCUT2D eigenvalue weighted by molar-refractivity contribution is 0.0950. The maximum atomic E-state index is 12.4. The van der Waals surface area contributed by atoms with E-state index >= 15 is 0 Å². The van der Waals surface area contributed by atoms with Crippen molar-refractivity contribution in [3.63, 3.8) is 0 Å². The molecule has 0 unspecified atom stereocenters. The molecular weight excluding hydrogens is 316 g/mol. The zero-order valence-corrected chi connectivity index (χ0v) is 14.1. The Kier molecular flexibility index (Phi) is 4.57. The van der Waals surface area contributed by atoms with Crippen LogP contribution in [0.25, 0.3) is 0 Å². The van der Waals surface area contributed by atoms with Gasteiger partial charge in [-0.3, -0.25) is 4.79 Å². The number of benzene rings is 2. The van der Waals surface area contributed by atoms with E-state index in [4.69, 9.17) is 9.47 Å². The van der Waals surface area contributed by atoms with Crippen LogP contribution in [-0.2, 0) is 4.74 Å². The van der Waals surface area contributed by atoms with E-state index in [1.807, 2.05) is 42.5 Å². The van der Waals surface area contributed by atoms with Gasteiger partial charge in [0.25, 0.3) is 5.91 Å². The topological polar surface area (TPSA) is 50.8 Å². The predicted molar refractivity (Wildman–Crippen MR) is 96.5 cm³/mol. The Morgan fingerprint density at radius 3 is 2.64 bits per heavy atom. The van der Waals surface area contributed by atoms with Gasteiger partial charge in [0.2, 0.25) is 0 Å². The Morgan fingerprint density at radius 1 is 1.08 bits per heavy atom. The van der Waals surface area contributed by atoms with E-state index in [0.717, 1.165) is 37.7 Å². The number of hydrogen-bond donors (Lipinski definition) is 1. The van der Waals surface area contributed by atoms with Gasteiger partial charge in [-0.25, -0.2) is 0 Å². The largest absolute Gasteiger partial charge is 0.493 e. The molecule has 4 rings (SSSR count). The fraction of sp³-hybridized carbons (Fsp3) is 0.350. The lowest BCUT2D eigenvalue weighted by atomic mass is 10.0. The summed E-state index contributed by atoms with van der Waals surface area (Å²) in [4.78, 5) is 14.7. The molecule has 1 fully saturated rings. The summed E-state index contributed by atoms with van der Waals surface area (Å²) in [7, 11) is 0. The summed E-state index contributed by atoms with van der Waals surface area (Å²) in [5.74, 6) is 1.10. The molecule has 1 saturated heterocycles. The summed E-state index contributed by atoms with van der Waals surface area (Å²) in [6.45, 7) is 4.51. The van der Waals surface area contributed by atoms with Gasteiger partial charge in [-0.1, -0.05) is 18.2 Å². The van der Waals surface area contributed by atoms with E-state index < -0.39 is 0 Å². The monoisotopic (exact) mass is 338 g/mol. The Hall–Kier alpha value is -2.53. The fourth-order valence-electron chi connectivity index (χ4n) is 3.36. The van der Waals surface area contributed by atoms with Gasteiger partial charge in [-0.15, -0.1) is 0 Å². The molecule has 1 atom stereocenters. The highest BCUT2D eigenvalue weighted by Gasteiger charge is 2.24. The molecule has 1 amide bonds. The quantitative estimate of drug-likeness (QED) is 0.930. The van der Waals surface area contributed by atoms with E-state index in [2.05, 4.69) is 16.3 Å². The van der Waals surface area contributed by atoms with Gasteiger partial charge < -0.3 is 19.7 Å². The second-order valence-corrected chi connectivity index (χ2v) is 6.40. The molecule has 25 heavy (non-hydrogen) atoms. The number of nitrogens with one attached hydrogen (secondary N) is 1. The number of rotatable bonds is 4. The minimum absolute atomic E-state index is 0.0436. The number of hydrogen-bond acceptors (Lipinski definition) is 4. The number of ether oxygens (including phenoxy) is 2. The van der Waals surface area contributed by atoms with Crippen molar-refractivity contribution in [3.05, 3.63) is 59.7 Å². The van der Waals surface area contributed by atoms with Crippen LogP contribution in [0.4, 0.5) is 5.69 Å². The Morgan fingerprint density at radius 2 is 1.84 bits per heavy atom. The number of amides is 1. The van der Waals surface area contributed by atoms with Crippen molar-refractivity contribution < 1.29 is 14.3 Å². The first-order chi connectivity index (χ1) is 12.3. The van der Waals surface area contributed by atoms with Gasteiger partial charge in [0.05, 0.1) is 19.8 Å². The summed E-state index contributed by atoms with van der Waals surface area (Å²) in [5, 5.41) is 3.03. The molecule has 2 heterocycles. The van der Waals surface area contributed by atoms with Crippen LogP contribution >= 0.6 is 0 Å². The normalized spacial score (nSPS) is 19.2. The van der Waals surface area contributed by atoms with Gasteiger partial charge in [0.15, 0.2) is 0 Å². The van der Waals surface area contributed by atoms with Crippen molar-refractivity contribution in [3.8, 4) is 5.75 Å². The van der Waals surface area contributed by atoms with Crippen molar-refractivity contribution in [1.82, 2.24) is 5.32 Å². The van der Waals surface area contributed by atoms with Gasteiger partial charge in [0, 0.05) is 42.4 Å².